The molecule has 0 aliphatic heterocycles. The molecule has 4 atom stereocenters. The van der Waals surface area contributed by atoms with Gasteiger partial charge in [0.1, 0.15) is 0 Å². The smallest absolute Gasteiger partial charge is 0.378 e. The number of alkyl halides is 3. The summed E-state index contributed by atoms with van der Waals surface area (Å²) in [7, 11) is 1.73. The van der Waals surface area contributed by atoms with E-state index < -0.39 is 18.0 Å². The van der Waals surface area contributed by atoms with Crippen molar-refractivity contribution >= 4 is 5.91 Å². The lowest BCUT2D eigenvalue weighted by atomic mass is 9.63. The van der Waals surface area contributed by atoms with Crippen LogP contribution in [0.4, 0.5) is 13.2 Å². The molecule has 2 aliphatic carbocycles. The maximum atomic E-state index is 12.9. The van der Waals surface area contributed by atoms with Crippen molar-refractivity contribution in [2.24, 2.45) is 17.3 Å². The van der Waals surface area contributed by atoms with E-state index in [0.717, 1.165) is 6.42 Å². The molecule has 2 fully saturated rings. The second-order valence-corrected chi connectivity index (χ2v) is 7.57. The summed E-state index contributed by atoms with van der Waals surface area (Å²) < 4.78 is 44.5. The third-order valence-electron chi connectivity index (χ3n) is 5.80. The van der Waals surface area contributed by atoms with Gasteiger partial charge in [-0.2, -0.15) is 13.2 Å². The minimum absolute atomic E-state index is 0.0396. The number of rotatable bonds is 4. The van der Waals surface area contributed by atoms with E-state index >= 15 is 0 Å². The van der Waals surface area contributed by atoms with E-state index in [1.165, 1.54) is 0 Å². The van der Waals surface area contributed by atoms with Gasteiger partial charge in [0.2, 0.25) is 5.91 Å². The van der Waals surface area contributed by atoms with Crippen molar-refractivity contribution in [3.8, 4) is 0 Å². The Bertz CT molecular complexity index is 436. The van der Waals surface area contributed by atoms with Crippen LogP contribution in [-0.4, -0.2) is 42.8 Å². The van der Waals surface area contributed by atoms with Gasteiger partial charge >= 0.3 is 6.18 Å². The third kappa shape index (κ3) is 3.67. The van der Waals surface area contributed by atoms with Gasteiger partial charge in [-0.15, -0.1) is 0 Å². The van der Waals surface area contributed by atoms with Gasteiger partial charge in [-0.3, -0.25) is 4.79 Å². The highest BCUT2D eigenvalue weighted by atomic mass is 19.4. The molecule has 0 aromatic rings. The van der Waals surface area contributed by atoms with Gasteiger partial charge in [0, 0.05) is 31.0 Å². The monoisotopic (exact) mass is 335 g/mol. The summed E-state index contributed by atoms with van der Waals surface area (Å²) in [5.74, 6) is -1.96. The maximum absolute atomic E-state index is 12.9. The van der Waals surface area contributed by atoms with Crippen LogP contribution >= 0.6 is 0 Å². The largest absolute Gasteiger partial charge is 0.391 e. The summed E-state index contributed by atoms with van der Waals surface area (Å²) in [6.07, 6.45) is -2.18. The Morgan fingerprint density at radius 1 is 1.26 bits per heavy atom. The van der Waals surface area contributed by atoms with Crippen molar-refractivity contribution in [2.75, 3.05) is 13.7 Å². The van der Waals surface area contributed by atoms with Crippen LogP contribution in [0.5, 0.6) is 0 Å². The molecule has 2 saturated carbocycles. The zero-order valence-corrected chi connectivity index (χ0v) is 14.4. The first-order valence-corrected chi connectivity index (χ1v) is 8.54. The Morgan fingerprint density at radius 2 is 1.91 bits per heavy atom. The molecule has 0 spiro atoms. The molecule has 23 heavy (non-hydrogen) atoms. The van der Waals surface area contributed by atoms with Gasteiger partial charge in [0.15, 0.2) is 0 Å². The highest BCUT2D eigenvalue weighted by molar-refractivity contribution is 5.79. The van der Waals surface area contributed by atoms with Gasteiger partial charge in [0.05, 0.1) is 12.0 Å². The van der Waals surface area contributed by atoms with Crippen molar-refractivity contribution in [1.82, 2.24) is 4.90 Å². The molecule has 3 nitrogen and oxygen atoms in total. The van der Waals surface area contributed by atoms with Crippen LogP contribution in [0.25, 0.3) is 0 Å². The SMILES string of the molecule is CCO[C@@H]1C[C@H](N(C)C(=O)[C@H]2CCC[C@H](C(F)(F)F)C2)C1(C)C. The van der Waals surface area contributed by atoms with Crippen LogP contribution in [0.1, 0.15) is 52.9 Å². The standard InChI is InChI=1S/C17H28F3NO2/c1-5-23-14-10-13(16(14,2)3)21(4)15(22)11-7-6-8-12(9-11)17(18,19)20/h11-14H,5-10H2,1-4H3/t11-,12-,13-,14+/m0/s1. The van der Waals surface area contributed by atoms with Crippen molar-refractivity contribution in [3.05, 3.63) is 0 Å². The molecule has 0 heterocycles. The Labute approximate surface area is 136 Å². The zero-order valence-electron chi connectivity index (χ0n) is 14.4. The van der Waals surface area contributed by atoms with Crippen LogP contribution in [0.15, 0.2) is 0 Å². The van der Waals surface area contributed by atoms with Gasteiger partial charge in [0.25, 0.3) is 0 Å². The molecule has 0 saturated heterocycles. The van der Waals surface area contributed by atoms with E-state index in [4.69, 9.17) is 4.74 Å². The number of amides is 1. The van der Waals surface area contributed by atoms with E-state index in [9.17, 15) is 18.0 Å². The summed E-state index contributed by atoms with van der Waals surface area (Å²) in [5, 5.41) is 0. The van der Waals surface area contributed by atoms with Crippen LogP contribution in [-0.2, 0) is 9.53 Å². The molecule has 6 heteroatoms. The predicted octanol–water partition coefficient (Wildman–Crippen LogP) is 4.02. The van der Waals surface area contributed by atoms with Crippen molar-refractivity contribution in [3.63, 3.8) is 0 Å². The molecule has 2 rings (SSSR count). The number of hydrogen-bond donors (Lipinski definition) is 0. The van der Waals surface area contributed by atoms with Crippen LogP contribution in [0, 0.1) is 17.3 Å². The van der Waals surface area contributed by atoms with Gasteiger partial charge in [-0.05, 0) is 32.6 Å². The Hall–Kier alpha value is -0.780. The number of ether oxygens (including phenoxy) is 1. The van der Waals surface area contributed by atoms with Crippen LogP contribution in [0.2, 0.25) is 0 Å². The van der Waals surface area contributed by atoms with E-state index in [-0.39, 0.29) is 36.3 Å². The van der Waals surface area contributed by atoms with E-state index in [1.54, 1.807) is 11.9 Å². The number of carbonyl (C=O) groups excluding carboxylic acids is 1. The lowest BCUT2D eigenvalue weighted by Crippen LogP contribution is -2.63. The molecule has 0 aromatic heterocycles. The molecule has 0 radical (unpaired) electrons. The fourth-order valence-electron chi connectivity index (χ4n) is 4.16. The number of halogens is 3. The van der Waals surface area contributed by atoms with Gasteiger partial charge in [-0.1, -0.05) is 20.3 Å². The number of nitrogens with zero attached hydrogens (tertiary/aromatic N) is 1. The fraction of sp³-hybridized carbons (Fsp3) is 0.941. The quantitative estimate of drug-likeness (QED) is 0.777. The van der Waals surface area contributed by atoms with Crippen molar-refractivity contribution in [1.29, 1.82) is 0 Å². The second-order valence-electron chi connectivity index (χ2n) is 7.57. The highest BCUT2D eigenvalue weighted by Crippen LogP contribution is 2.47. The van der Waals surface area contributed by atoms with E-state index in [0.29, 0.717) is 19.4 Å². The summed E-state index contributed by atoms with van der Waals surface area (Å²) in [6, 6.07) is 0.0396. The molecule has 134 valence electrons. The van der Waals surface area contributed by atoms with Crippen LogP contribution in [0.3, 0.4) is 0 Å². The predicted molar refractivity (Wildman–Crippen MR) is 81.9 cm³/mol. The molecule has 0 aromatic carbocycles. The minimum Gasteiger partial charge on any atom is -0.378 e. The molecular weight excluding hydrogens is 307 g/mol. The average molecular weight is 335 g/mol. The molecule has 2 aliphatic rings. The molecule has 1 amide bonds. The Kier molecular flexibility index (Phi) is 5.34. The zero-order chi connectivity index (χ0) is 17.4. The first kappa shape index (κ1) is 18.6. The average Bonchev–Trinajstić information content (AvgIpc) is 2.49. The normalized spacial score (nSPS) is 33.9. The maximum Gasteiger partial charge on any atom is 0.391 e. The van der Waals surface area contributed by atoms with Crippen molar-refractivity contribution in [2.45, 2.75) is 71.2 Å². The molecule has 0 bridgehead atoms. The third-order valence-corrected chi connectivity index (χ3v) is 5.80. The summed E-state index contributed by atoms with van der Waals surface area (Å²) in [5.41, 5.74) is -0.154. The molecule has 0 N–H and O–H groups in total. The number of hydrogen-bond acceptors (Lipinski definition) is 2. The lowest BCUT2D eigenvalue weighted by molar-refractivity contribution is -0.190. The lowest BCUT2D eigenvalue weighted by Gasteiger charge is -2.55. The second kappa shape index (κ2) is 6.61. The summed E-state index contributed by atoms with van der Waals surface area (Å²) in [4.78, 5) is 14.4. The van der Waals surface area contributed by atoms with E-state index in [1.807, 2.05) is 6.92 Å². The van der Waals surface area contributed by atoms with Gasteiger partial charge < -0.3 is 9.64 Å². The Balaban J connectivity index is 1.98. The molecular formula is C17H28F3NO2. The first-order valence-electron chi connectivity index (χ1n) is 8.54. The minimum atomic E-state index is -4.19. The van der Waals surface area contributed by atoms with Gasteiger partial charge in [-0.25, -0.2) is 0 Å². The fourth-order valence-corrected chi connectivity index (χ4v) is 4.16. The van der Waals surface area contributed by atoms with E-state index in [2.05, 4.69) is 13.8 Å². The highest BCUT2D eigenvalue weighted by Gasteiger charge is 2.53. The first-order chi connectivity index (χ1) is 10.6. The summed E-state index contributed by atoms with van der Waals surface area (Å²) in [6.45, 7) is 6.70. The summed E-state index contributed by atoms with van der Waals surface area (Å²) >= 11 is 0. The Morgan fingerprint density at radius 3 is 2.43 bits per heavy atom. The van der Waals surface area contributed by atoms with Crippen molar-refractivity contribution < 1.29 is 22.7 Å². The van der Waals surface area contributed by atoms with Crippen LogP contribution < -0.4 is 0 Å². The topological polar surface area (TPSA) is 29.5 Å². The molecule has 0 unspecified atom stereocenters. The number of carbonyl (C=O) groups is 1.